The molecule has 4 heterocycles. The first kappa shape index (κ1) is 65.5. The number of imide groups is 1. The van der Waals surface area contributed by atoms with Crippen molar-refractivity contribution < 1.29 is 57.2 Å². The van der Waals surface area contributed by atoms with Gasteiger partial charge in [-0.2, -0.15) is 4.58 Å². The number of rotatable bonds is 24. The van der Waals surface area contributed by atoms with E-state index in [1.165, 1.54) is 38.8 Å². The highest BCUT2D eigenvalue weighted by molar-refractivity contribution is 6.03. The first-order valence-electron chi connectivity index (χ1n) is 32.7. The summed E-state index contributed by atoms with van der Waals surface area (Å²) in [4.78, 5) is 29.5. The van der Waals surface area contributed by atoms with Gasteiger partial charge in [-0.15, -0.1) is 0 Å². The number of carbonyl (C=O) groups excluding carboxylic acids is 2. The van der Waals surface area contributed by atoms with Gasteiger partial charge < -0.3 is 47.9 Å². The molecule has 2 fully saturated rings. The van der Waals surface area contributed by atoms with Crippen molar-refractivity contribution in [3.05, 3.63) is 263 Å². The molecule has 8 aromatic carbocycles. The summed E-state index contributed by atoms with van der Waals surface area (Å²) in [6.07, 6.45) is 5.01. The number of nitrogens with one attached hydrogen (secondary N) is 1. The van der Waals surface area contributed by atoms with Crippen LogP contribution < -0.4 is 33.9 Å². The predicted octanol–water partition coefficient (Wildman–Crippen LogP) is 14.5. The Labute approximate surface area is 557 Å². The number of aliphatic hydroxyl groups is 1. The van der Waals surface area contributed by atoms with Crippen molar-refractivity contribution in [2.45, 2.75) is 94.9 Å². The number of hydrogen-bond acceptors (Lipinski definition) is 12. The van der Waals surface area contributed by atoms with Gasteiger partial charge in [-0.1, -0.05) is 136 Å². The Morgan fingerprint density at radius 2 is 1.12 bits per heavy atom. The molecule has 0 spiro atoms. The van der Waals surface area contributed by atoms with E-state index in [4.69, 9.17) is 37.9 Å². The number of nitrogens with zero attached hydrogens (tertiary/aromatic N) is 3. The van der Waals surface area contributed by atoms with Crippen molar-refractivity contribution in [2.75, 3.05) is 66.2 Å². The summed E-state index contributed by atoms with van der Waals surface area (Å²) in [6.45, 7) is 15.2. The zero-order valence-corrected chi connectivity index (χ0v) is 55.8. The highest BCUT2D eigenvalue weighted by Crippen LogP contribution is 2.49. The third-order valence-electron chi connectivity index (χ3n) is 19.4. The van der Waals surface area contributed by atoms with Gasteiger partial charge in [0.15, 0.2) is 12.3 Å². The van der Waals surface area contributed by atoms with Crippen LogP contribution in [0, 0.1) is 5.92 Å². The molecule has 490 valence electrons. The molecule has 8 aromatic rings. The lowest BCUT2D eigenvalue weighted by molar-refractivity contribution is -0.439. The van der Waals surface area contributed by atoms with Crippen LogP contribution in [0.2, 0.25) is 0 Å². The van der Waals surface area contributed by atoms with Gasteiger partial charge in [0.2, 0.25) is 11.6 Å². The van der Waals surface area contributed by atoms with Crippen LogP contribution in [-0.4, -0.2) is 112 Å². The van der Waals surface area contributed by atoms with Crippen LogP contribution >= 0.6 is 0 Å². The van der Waals surface area contributed by atoms with Gasteiger partial charge in [-0.3, -0.25) is 15.0 Å². The smallest absolute Gasteiger partial charge is 0.326 e. The lowest BCUT2D eigenvalue weighted by Gasteiger charge is -2.37. The van der Waals surface area contributed by atoms with E-state index in [0.717, 1.165) is 34.4 Å². The molecule has 15 heteroatoms. The third-order valence-corrected chi connectivity index (χ3v) is 19.4. The number of hydrogen-bond donors (Lipinski definition) is 2. The zero-order valence-electron chi connectivity index (χ0n) is 55.8. The Morgan fingerprint density at radius 3 is 1.64 bits per heavy atom. The first-order chi connectivity index (χ1) is 46.0. The SMILES string of the molecule is CCN1C(=CC=CC2=[N+](CCCOC(c3ccc(OC)cc3)(c3ccc(OC)cc3)c3cccc(Oc4cccc(C(OC[C@H]5O[C@@H](N6C[C@H](C)C(=O)NC6=O)CC5O)(c5ccc(OC)cc5)c5ccc(OC)cc5)c4)c3)c3ccccc3C2(C)C)C(C)(C)c2ccccc21. The fraction of sp³-hybridized carbons (Fsp3) is 0.312. The maximum atomic E-state index is 13.1. The molecule has 2 N–H and O–H groups in total. The molecule has 0 aromatic heterocycles. The van der Waals surface area contributed by atoms with Crippen molar-refractivity contribution in [3.63, 3.8) is 0 Å². The second-order valence-electron chi connectivity index (χ2n) is 25.7. The number of benzene rings is 8. The molecular formula is C80H85N4O11+. The number of urea groups is 1. The van der Waals surface area contributed by atoms with Crippen molar-refractivity contribution in [2.24, 2.45) is 5.92 Å². The fourth-order valence-corrected chi connectivity index (χ4v) is 14.3. The van der Waals surface area contributed by atoms with Crippen molar-refractivity contribution in [1.82, 2.24) is 10.2 Å². The molecule has 4 aliphatic heterocycles. The van der Waals surface area contributed by atoms with Crippen LogP contribution in [0.5, 0.6) is 34.5 Å². The zero-order chi connectivity index (χ0) is 66.7. The molecule has 4 atom stereocenters. The van der Waals surface area contributed by atoms with E-state index in [2.05, 4.69) is 147 Å². The number of ether oxygens (including phenoxy) is 8. The quantitative estimate of drug-likeness (QED) is 0.0337. The number of para-hydroxylation sites is 2. The monoisotopic (exact) mass is 1280 g/mol. The molecule has 0 aliphatic carbocycles. The van der Waals surface area contributed by atoms with Gasteiger partial charge >= 0.3 is 6.03 Å². The van der Waals surface area contributed by atoms with Gasteiger partial charge in [0.25, 0.3) is 0 Å². The minimum atomic E-state index is -1.37. The Morgan fingerprint density at radius 1 is 0.611 bits per heavy atom. The van der Waals surface area contributed by atoms with E-state index in [0.29, 0.717) is 59.6 Å². The molecule has 0 saturated carbocycles. The number of anilines is 1. The average molecular weight is 1280 g/mol. The molecule has 0 bridgehead atoms. The average Bonchev–Trinajstić information content (AvgIpc) is 1.73. The molecule has 15 nitrogen and oxygen atoms in total. The van der Waals surface area contributed by atoms with Crippen LogP contribution in [0.1, 0.15) is 98.9 Å². The second kappa shape index (κ2) is 27.4. The molecule has 95 heavy (non-hydrogen) atoms. The van der Waals surface area contributed by atoms with E-state index in [-0.39, 0.29) is 36.3 Å². The summed E-state index contributed by atoms with van der Waals surface area (Å²) < 4.78 is 53.8. The van der Waals surface area contributed by atoms with Crippen LogP contribution in [0.4, 0.5) is 16.2 Å². The molecule has 12 rings (SSSR count). The maximum absolute atomic E-state index is 13.1. The van der Waals surface area contributed by atoms with Crippen molar-refractivity contribution in [3.8, 4) is 34.5 Å². The largest absolute Gasteiger partial charge is 0.497 e. The Bertz CT molecular complexity index is 4060. The first-order valence-corrected chi connectivity index (χ1v) is 32.7. The Kier molecular flexibility index (Phi) is 18.9. The second-order valence-corrected chi connectivity index (χ2v) is 25.7. The van der Waals surface area contributed by atoms with Gasteiger partial charge in [0.1, 0.15) is 58.0 Å². The maximum Gasteiger partial charge on any atom is 0.326 e. The fourth-order valence-electron chi connectivity index (χ4n) is 14.3. The van der Waals surface area contributed by atoms with Gasteiger partial charge in [-0.05, 0) is 145 Å². The summed E-state index contributed by atoms with van der Waals surface area (Å²) in [6, 6.07) is 64.3. The number of fused-ring (bicyclic) bond motifs is 2. The normalized spacial score (nSPS) is 19.5. The van der Waals surface area contributed by atoms with Gasteiger partial charge in [-0.25, -0.2) is 4.79 Å². The van der Waals surface area contributed by atoms with E-state index in [9.17, 15) is 14.7 Å². The molecular weight excluding hydrogens is 1190 g/mol. The summed E-state index contributed by atoms with van der Waals surface area (Å²) in [5.74, 6) is 2.97. The molecule has 2 saturated heterocycles. The standard InChI is InChI=1S/C80H84N4O11/c1-11-82-68-26-14-12-24-66(68)77(3,4)72(82)28-18-29-73-78(5,6)67-25-13-15-27-69(67)83(73)46-19-47-92-79(54-30-38-60(88-7)39-31-54,55-32-40-61(89-8)41-33-55)58-20-16-22-64(48-58)94-65-23-17-21-59(49-65)80(56-34-42-62(90-9)43-35-56,57-36-44-63(91-10)45-37-57)93-52-71-70(85)50-74(95-71)84-51-53(2)75(86)81-76(84)87/h12-18,20-45,48-49,53,70-71,74,85H,11,19,46-47,50-52H2,1-10H3/p+1/t53-,70?,71+,74+/m0/s1. The highest BCUT2D eigenvalue weighted by atomic mass is 16.6. The van der Waals surface area contributed by atoms with Crippen LogP contribution in [0.15, 0.2) is 218 Å². The Balaban J connectivity index is 0.897. The van der Waals surface area contributed by atoms with Crippen LogP contribution in [0.25, 0.3) is 0 Å². The highest BCUT2D eigenvalue weighted by Gasteiger charge is 2.48. The minimum absolute atomic E-state index is 0.101. The molecule has 0 radical (unpaired) electrons. The predicted molar refractivity (Wildman–Crippen MR) is 369 cm³/mol. The lowest BCUT2D eigenvalue weighted by atomic mass is 9.79. The van der Waals surface area contributed by atoms with Crippen molar-refractivity contribution in [1.29, 1.82) is 0 Å². The number of methoxy groups -OCH3 is 4. The number of likely N-dealkylation sites (N-methyl/N-ethyl adjacent to an activating group) is 1. The van der Waals surface area contributed by atoms with E-state index < -0.39 is 41.6 Å². The van der Waals surface area contributed by atoms with Gasteiger partial charge in [0.05, 0.1) is 59.1 Å². The molecule has 3 amide bonds. The minimum Gasteiger partial charge on any atom is -0.497 e. The summed E-state index contributed by atoms with van der Waals surface area (Å²) >= 11 is 0. The lowest BCUT2D eigenvalue weighted by Crippen LogP contribution is -2.57. The van der Waals surface area contributed by atoms with Crippen LogP contribution in [-0.2, 0) is 41.0 Å². The van der Waals surface area contributed by atoms with E-state index in [1.807, 2.05) is 115 Å². The molecule has 1 unspecified atom stereocenters. The summed E-state index contributed by atoms with van der Waals surface area (Å²) in [5.41, 5.74) is 9.32. The number of aliphatic hydroxyl groups excluding tert-OH is 1. The van der Waals surface area contributed by atoms with E-state index in [1.54, 1.807) is 35.4 Å². The van der Waals surface area contributed by atoms with Crippen molar-refractivity contribution >= 4 is 29.0 Å². The Hall–Kier alpha value is -9.51. The number of carbonyl (C=O) groups is 2. The summed E-state index contributed by atoms with van der Waals surface area (Å²) in [5, 5.41) is 14.1. The molecule has 4 aliphatic rings. The van der Waals surface area contributed by atoms with Crippen LogP contribution in [0.3, 0.4) is 0 Å². The number of amides is 3. The van der Waals surface area contributed by atoms with Gasteiger partial charge in [0, 0.05) is 60.4 Å². The third kappa shape index (κ3) is 12.5. The number of allylic oxidation sites excluding steroid dienone is 4. The van der Waals surface area contributed by atoms with E-state index >= 15 is 0 Å². The summed E-state index contributed by atoms with van der Waals surface area (Å²) in [7, 11) is 6.57. The topological polar surface area (TPSA) is 150 Å².